The summed E-state index contributed by atoms with van der Waals surface area (Å²) in [6.45, 7) is 4.66. The molecule has 0 amide bonds. The molecule has 2 heteroatoms. The number of rotatable bonds is 6. The average Bonchev–Trinajstić information content (AvgIpc) is 2.79. The lowest BCUT2D eigenvalue weighted by Gasteiger charge is -2.28. The topological polar surface area (TPSA) is 23.5 Å². The predicted molar refractivity (Wildman–Crippen MR) is 126 cm³/mol. The van der Waals surface area contributed by atoms with Gasteiger partial charge in [-0.1, -0.05) is 90.0 Å². The van der Waals surface area contributed by atoms with E-state index in [-0.39, 0.29) is 0 Å². The number of benzene rings is 4. The Morgan fingerprint density at radius 1 is 0.600 bits per heavy atom. The van der Waals surface area contributed by atoms with Crippen molar-refractivity contribution in [2.45, 2.75) is 20.0 Å². The van der Waals surface area contributed by atoms with Gasteiger partial charge in [-0.25, -0.2) is 0 Å². The van der Waals surface area contributed by atoms with Crippen molar-refractivity contribution in [2.24, 2.45) is 0 Å². The predicted octanol–water partition coefficient (Wildman–Crippen LogP) is 6.84. The van der Waals surface area contributed by atoms with Crippen molar-refractivity contribution in [3.05, 3.63) is 120 Å². The van der Waals surface area contributed by atoms with Crippen molar-refractivity contribution in [1.82, 2.24) is 0 Å². The first-order chi connectivity index (χ1) is 14.6. The van der Waals surface area contributed by atoms with Crippen LogP contribution < -0.4 is 4.90 Å². The molecule has 0 heterocycles. The summed E-state index contributed by atoms with van der Waals surface area (Å²) in [4.78, 5) is 2.18. The molecule has 0 aromatic heterocycles. The van der Waals surface area contributed by atoms with Crippen LogP contribution in [0.5, 0.6) is 0 Å². The fourth-order valence-electron chi connectivity index (χ4n) is 3.62. The summed E-state index contributed by atoms with van der Waals surface area (Å²) in [6.07, 6.45) is -0.600. The summed E-state index contributed by atoms with van der Waals surface area (Å²) in [5, 5.41) is 11.0. The minimum absolute atomic E-state index is 0.483. The van der Waals surface area contributed by atoms with Gasteiger partial charge in [0, 0.05) is 11.4 Å². The van der Waals surface area contributed by atoms with Crippen LogP contribution in [-0.2, 0) is 0 Å². The van der Waals surface area contributed by atoms with Crippen molar-refractivity contribution in [3.8, 4) is 11.1 Å². The van der Waals surface area contributed by atoms with Gasteiger partial charge in [-0.05, 0) is 54.8 Å². The third-order valence-electron chi connectivity index (χ3n) is 5.45. The summed E-state index contributed by atoms with van der Waals surface area (Å²) >= 11 is 0. The molecular formula is C28H27NO. The van der Waals surface area contributed by atoms with Gasteiger partial charge in [0.05, 0.1) is 12.6 Å². The maximum atomic E-state index is 11.0. The highest BCUT2D eigenvalue weighted by Crippen LogP contribution is 2.30. The Morgan fingerprint density at radius 3 is 1.57 bits per heavy atom. The van der Waals surface area contributed by atoms with E-state index in [2.05, 4.69) is 91.5 Å². The van der Waals surface area contributed by atoms with Gasteiger partial charge in [0.15, 0.2) is 0 Å². The molecule has 0 aliphatic carbocycles. The van der Waals surface area contributed by atoms with E-state index >= 15 is 0 Å². The number of hydrogen-bond acceptors (Lipinski definition) is 2. The molecular weight excluding hydrogens is 366 g/mol. The fourth-order valence-corrected chi connectivity index (χ4v) is 3.62. The van der Waals surface area contributed by atoms with Gasteiger partial charge >= 0.3 is 0 Å². The Balaban J connectivity index is 1.59. The third-order valence-corrected chi connectivity index (χ3v) is 5.45. The second-order valence-corrected chi connectivity index (χ2v) is 7.79. The normalized spacial score (nSPS) is 11.8. The quantitative estimate of drug-likeness (QED) is 0.387. The van der Waals surface area contributed by atoms with Gasteiger partial charge < -0.3 is 10.0 Å². The fraction of sp³-hybridized carbons (Fsp3) is 0.143. The van der Waals surface area contributed by atoms with E-state index in [1.54, 1.807) is 0 Å². The lowest BCUT2D eigenvalue weighted by molar-refractivity contribution is 0.186. The molecule has 4 aromatic carbocycles. The number of aliphatic hydroxyl groups is 1. The molecule has 0 fully saturated rings. The zero-order valence-electron chi connectivity index (χ0n) is 17.5. The van der Waals surface area contributed by atoms with Gasteiger partial charge in [0.1, 0.15) is 0 Å². The van der Waals surface area contributed by atoms with Crippen molar-refractivity contribution in [2.75, 3.05) is 11.4 Å². The van der Waals surface area contributed by atoms with Crippen LogP contribution >= 0.6 is 0 Å². The summed E-state index contributed by atoms with van der Waals surface area (Å²) in [5.41, 5.74) is 7.84. The molecule has 30 heavy (non-hydrogen) atoms. The second-order valence-electron chi connectivity index (χ2n) is 7.79. The van der Waals surface area contributed by atoms with E-state index in [0.717, 1.165) is 22.5 Å². The first-order valence-electron chi connectivity index (χ1n) is 10.3. The Bertz CT molecular complexity index is 1020. The molecule has 1 unspecified atom stereocenters. The molecule has 1 N–H and O–H groups in total. The highest BCUT2D eigenvalue weighted by Gasteiger charge is 2.16. The zero-order valence-corrected chi connectivity index (χ0v) is 17.5. The Labute approximate surface area is 179 Å². The monoisotopic (exact) mass is 393 g/mol. The molecule has 0 spiro atoms. The van der Waals surface area contributed by atoms with E-state index in [0.29, 0.717) is 6.54 Å². The second kappa shape index (κ2) is 8.98. The molecule has 0 saturated heterocycles. The molecule has 0 radical (unpaired) electrons. The standard InChI is InChI=1S/C28H27NO/c1-21-8-16-26(17-9-21)29(27-18-10-22(2)11-19-27)20-28(30)25-14-12-24(13-15-25)23-6-4-3-5-7-23/h3-19,28,30H,20H2,1-2H3. The van der Waals surface area contributed by atoms with Gasteiger partial charge in [-0.3, -0.25) is 0 Å². The van der Waals surface area contributed by atoms with E-state index < -0.39 is 6.10 Å². The third kappa shape index (κ3) is 4.61. The maximum Gasteiger partial charge on any atom is 0.0969 e. The van der Waals surface area contributed by atoms with Crippen molar-refractivity contribution < 1.29 is 5.11 Å². The Morgan fingerprint density at radius 2 is 1.07 bits per heavy atom. The van der Waals surface area contributed by atoms with E-state index in [9.17, 15) is 5.11 Å². The summed E-state index contributed by atoms with van der Waals surface area (Å²) in [6, 6.07) is 35.4. The van der Waals surface area contributed by atoms with Crippen LogP contribution in [0, 0.1) is 13.8 Å². The molecule has 0 aliphatic rings. The summed E-state index contributed by atoms with van der Waals surface area (Å²) in [7, 11) is 0. The van der Waals surface area contributed by atoms with Crippen LogP contribution in [0.3, 0.4) is 0 Å². The number of aliphatic hydroxyl groups excluding tert-OH is 1. The van der Waals surface area contributed by atoms with E-state index in [1.807, 2.05) is 30.3 Å². The summed E-state index contributed by atoms with van der Waals surface area (Å²) < 4.78 is 0. The highest BCUT2D eigenvalue weighted by molar-refractivity contribution is 5.65. The molecule has 0 bridgehead atoms. The summed E-state index contributed by atoms with van der Waals surface area (Å²) in [5.74, 6) is 0. The largest absolute Gasteiger partial charge is 0.387 e. The first kappa shape index (κ1) is 19.9. The molecule has 4 aromatic rings. The van der Waals surface area contributed by atoms with Gasteiger partial charge in [0.2, 0.25) is 0 Å². The lowest BCUT2D eigenvalue weighted by Crippen LogP contribution is -2.24. The molecule has 0 aliphatic heterocycles. The number of nitrogens with zero attached hydrogens (tertiary/aromatic N) is 1. The van der Waals surface area contributed by atoms with Crippen molar-refractivity contribution >= 4 is 11.4 Å². The SMILES string of the molecule is Cc1ccc(N(CC(O)c2ccc(-c3ccccc3)cc2)c2ccc(C)cc2)cc1. The Hall–Kier alpha value is -3.36. The first-order valence-corrected chi connectivity index (χ1v) is 10.3. The number of hydrogen-bond donors (Lipinski definition) is 1. The van der Waals surface area contributed by atoms with E-state index in [1.165, 1.54) is 16.7 Å². The van der Waals surface area contributed by atoms with Gasteiger partial charge in [-0.2, -0.15) is 0 Å². The maximum absolute atomic E-state index is 11.0. The average molecular weight is 394 g/mol. The Kier molecular flexibility index (Phi) is 5.97. The molecule has 150 valence electrons. The molecule has 0 saturated carbocycles. The van der Waals surface area contributed by atoms with Gasteiger partial charge in [-0.15, -0.1) is 0 Å². The lowest BCUT2D eigenvalue weighted by atomic mass is 10.0. The smallest absolute Gasteiger partial charge is 0.0969 e. The minimum atomic E-state index is -0.600. The van der Waals surface area contributed by atoms with Crippen LogP contribution in [0.4, 0.5) is 11.4 Å². The van der Waals surface area contributed by atoms with Crippen LogP contribution in [0.15, 0.2) is 103 Å². The number of aryl methyl sites for hydroxylation is 2. The molecule has 1 atom stereocenters. The van der Waals surface area contributed by atoms with E-state index in [4.69, 9.17) is 0 Å². The van der Waals surface area contributed by atoms with Crippen molar-refractivity contribution in [3.63, 3.8) is 0 Å². The van der Waals surface area contributed by atoms with Crippen molar-refractivity contribution in [1.29, 1.82) is 0 Å². The van der Waals surface area contributed by atoms with Gasteiger partial charge in [0.25, 0.3) is 0 Å². The van der Waals surface area contributed by atoms with Crippen LogP contribution in [0.1, 0.15) is 22.8 Å². The van der Waals surface area contributed by atoms with Crippen LogP contribution in [0.25, 0.3) is 11.1 Å². The molecule has 4 rings (SSSR count). The minimum Gasteiger partial charge on any atom is -0.387 e. The zero-order chi connectivity index (χ0) is 20.9. The number of anilines is 2. The van der Waals surface area contributed by atoms with Crippen LogP contribution in [-0.4, -0.2) is 11.7 Å². The highest BCUT2D eigenvalue weighted by atomic mass is 16.3. The molecule has 2 nitrogen and oxygen atoms in total. The van der Waals surface area contributed by atoms with Crippen LogP contribution in [0.2, 0.25) is 0 Å².